The number of nitrogens with zero attached hydrogens (tertiary/aromatic N) is 6. The Hall–Kier alpha value is -2.69. The summed E-state index contributed by atoms with van der Waals surface area (Å²) in [7, 11) is 0. The average molecular weight is 407 g/mol. The van der Waals surface area contributed by atoms with E-state index in [1.807, 2.05) is 27.8 Å². The zero-order chi connectivity index (χ0) is 20.8. The molecule has 2 aliphatic heterocycles. The fraction of sp³-hybridized carbons (Fsp3) is 0.522. The zero-order valence-electron chi connectivity index (χ0n) is 17.5. The molecule has 1 amide bonds. The van der Waals surface area contributed by atoms with E-state index < -0.39 is 0 Å². The Kier molecular flexibility index (Phi) is 6.77. The molecular formula is C23H30N6O. The third-order valence-electron chi connectivity index (χ3n) is 6.01. The maximum atomic E-state index is 12.4. The third-order valence-corrected chi connectivity index (χ3v) is 6.01. The minimum atomic E-state index is 0.283. The first-order valence-corrected chi connectivity index (χ1v) is 10.9. The predicted molar refractivity (Wildman–Crippen MR) is 115 cm³/mol. The lowest BCUT2D eigenvalue weighted by atomic mass is 10.1. The van der Waals surface area contributed by atoms with E-state index in [1.165, 1.54) is 5.56 Å². The second kappa shape index (κ2) is 9.88. The normalized spacial score (nSPS) is 17.9. The first-order valence-electron chi connectivity index (χ1n) is 10.9. The average Bonchev–Trinajstić information content (AvgIpc) is 3.45. The summed E-state index contributed by atoms with van der Waals surface area (Å²) in [5.74, 6) is 0.283. The Morgan fingerprint density at radius 3 is 2.40 bits per heavy atom. The van der Waals surface area contributed by atoms with Crippen LogP contribution in [0.5, 0.6) is 0 Å². The summed E-state index contributed by atoms with van der Waals surface area (Å²) in [4.78, 5) is 19.1. The predicted octanol–water partition coefficient (Wildman–Crippen LogP) is 2.20. The van der Waals surface area contributed by atoms with Gasteiger partial charge in [0, 0.05) is 63.1 Å². The Labute approximate surface area is 178 Å². The summed E-state index contributed by atoms with van der Waals surface area (Å²) >= 11 is 0. The van der Waals surface area contributed by atoms with E-state index in [4.69, 9.17) is 10.4 Å². The number of likely N-dealkylation sites (tertiary alicyclic amines) is 1. The maximum absolute atomic E-state index is 12.4. The number of nitriles is 1. The summed E-state index contributed by atoms with van der Waals surface area (Å²) < 4.78 is 1.89. The van der Waals surface area contributed by atoms with Crippen LogP contribution in [-0.4, -0.2) is 76.2 Å². The van der Waals surface area contributed by atoms with Crippen LogP contribution < -0.4 is 0 Å². The summed E-state index contributed by atoms with van der Waals surface area (Å²) in [5.41, 5.74) is 3.30. The molecule has 0 N–H and O–H groups in total. The highest BCUT2D eigenvalue weighted by Gasteiger charge is 2.24. The highest BCUT2D eigenvalue weighted by Crippen LogP contribution is 2.24. The molecular weight excluding hydrogens is 376 g/mol. The van der Waals surface area contributed by atoms with E-state index in [9.17, 15) is 4.79 Å². The van der Waals surface area contributed by atoms with Gasteiger partial charge in [0.1, 0.15) is 0 Å². The summed E-state index contributed by atoms with van der Waals surface area (Å²) in [6.07, 6.45) is 4.83. The number of aromatic nitrogens is 2. The van der Waals surface area contributed by atoms with Crippen molar-refractivity contribution in [3.8, 4) is 17.3 Å². The van der Waals surface area contributed by atoms with Gasteiger partial charge in [-0.3, -0.25) is 19.3 Å². The van der Waals surface area contributed by atoms with Gasteiger partial charge in [-0.25, -0.2) is 0 Å². The lowest BCUT2D eigenvalue weighted by molar-refractivity contribution is -0.131. The molecule has 2 aromatic rings. The van der Waals surface area contributed by atoms with Crippen LogP contribution in [-0.2, 0) is 17.9 Å². The second-order valence-corrected chi connectivity index (χ2v) is 8.18. The number of benzene rings is 1. The second-order valence-electron chi connectivity index (χ2n) is 8.18. The largest absolute Gasteiger partial charge is 0.342 e. The fourth-order valence-corrected chi connectivity index (χ4v) is 4.30. The van der Waals surface area contributed by atoms with Crippen molar-refractivity contribution in [1.82, 2.24) is 24.5 Å². The van der Waals surface area contributed by atoms with Gasteiger partial charge in [-0.1, -0.05) is 30.3 Å². The van der Waals surface area contributed by atoms with E-state index in [0.29, 0.717) is 19.5 Å². The number of piperazine rings is 1. The lowest BCUT2D eigenvalue weighted by Gasteiger charge is -2.34. The molecule has 0 bridgehead atoms. The van der Waals surface area contributed by atoms with Crippen molar-refractivity contribution in [1.29, 1.82) is 5.26 Å². The molecule has 2 aliphatic rings. The van der Waals surface area contributed by atoms with Crippen LogP contribution >= 0.6 is 0 Å². The Morgan fingerprint density at radius 2 is 1.70 bits per heavy atom. The molecule has 158 valence electrons. The number of amides is 1. The van der Waals surface area contributed by atoms with Crippen molar-refractivity contribution in [2.24, 2.45) is 0 Å². The van der Waals surface area contributed by atoms with Crippen molar-refractivity contribution in [3.05, 3.63) is 42.1 Å². The zero-order valence-corrected chi connectivity index (χ0v) is 17.5. The van der Waals surface area contributed by atoms with Gasteiger partial charge in [-0.05, 0) is 12.8 Å². The first kappa shape index (κ1) is 20.6. The lowest BCUT2D eigenvalue weighted by Crippen LogP contribution is -2.49. The van der Waals surface area contributed by atoms with Crippen LogP contribution in [0.25, 0.3) is 11.3 Å². The minimum absolute atomic E-state index is 0.283. The molecule has 0 saturated carbocycles. The highest BCUT2D eigenvalue weighted by molar-refractivity contribution is 5.78. The van der Waals surface area contributed by atoms with E-state index in [1.54, 1.807) is 0 Å². The number of rotatable bonds is 7. The van der Waals surface area contributed by atoms with Crippen LogP contribution in [0.1, 0.15) is 24.8 Å². The molecule has 0 aliphatic carbocycles. The van der Waals surface area contributed by atoms with Crippen molar-refractivity contribution in [2.75, 3.05) is 45.8 Å². The molecule has 4 rings (SSSR count). The minimum Gasteiger partial charge on any atom is -0.342 e. The van der Waals surface area contributed by atoms with Crippen molar-refractivity contribution < 1.29 is 4.79 Å². The van der Waals surface area contributed by atoms with Gasteiger partial charge < -0.3 is 4.90 Å². The SMILES string of the molecule is N#CCCn1cc(CN2CCN(CC(=O)N3CCCC3)CC2)c(-c2ccccc2)n1. The molecule has 2 saturated heterocycles. The molecule has 7 heteroatoms. The molecule has 3 heterocycles. The van der Waals surface area contributed by atoms with Crippen LogP contribution in [0.4, 0.5) is 0 Å². The Balaban J connectivity index is 1.36. The molecule has 0 radical (unpaired) electrons. The number of carbonyl (C=O) groups is 1. The molecule has 0 atom stereocenters. The van der Waals surface area contributed by atoms with E-state index in [-0.39, 0.29) is 5.91 Å². The topological polar surface area (TPSA) is 68.4 Å². The monoisotopic (exact) mass is 406 g/mol. The summed E-state index contributed by atoms with van der Waals surface area (Å²) in [6.45, 7) is 7.59. The van der Waals surface area contributed by atoms with Gasteiger partial charge in [-0.2, -0.15) is 10.4 Å². The third kappa shape index (κ3) is 5.07. The smallest absolute Gasteiger partial charge is 0.236 e. The Bertz CT molecular complexity index is 873. The summed E-state index contributed by atoms with van der Waals surface area (Å²) in [6, 6.07) is 12.4. The van der Waals surface area contributed by atoms with Crippen LogP contribution in [0.2, 0.25) is 0 Å². The maximum Gasteiger partial charge on any atom is 0.236 e. The molecule has 0 spiro atoms. The number of aryl methyl sites for hydroxylation is 1. The Morgan fingerprint density at radius 1 is 1.00 bits per heavy atom. The van der Waals surface area contributed by atoms with Crippen LogP contribution in [0.3, 0.4) is 0 Å². The van der Waals surface area contributed by atoms with E-state index >= 15 is 0 Å². The van der Waals surface area contributed by atoms with Gasteiger partial charge in [0.05, 0.1) is 31.3 Å². The number of hydrogen-bond acceptors (Lipinski definition) is 5. The van der Waals surface area contributed by atoms with E-state index in [0.717, 1.165) is 69.9 Å². The van der Waals surface area contributed by atoms with Gasteiger partial charge in [0.25, 0.3) is 0 Å². The quantitative estimate of drug-likeness (QED) is 0.705. The molecule has 1 aromatic heterocycles. The molecule has 0 unspecified atom stereocenters. The molecule has 7 nitrogen and oxygen atoms in total. The molecule has 1 aromatic carbocycles. The number of hydrogen-bond donors (Lipinski definition) is 0. The van der Waals surface area contributed by atoms with Crippen molar-refractivity contribution in [3.63, 3.8) is 0 Å². The van der Waals surface area contributed by atoms with Gasteiger partial charge in [0.15, 0.2) is 0 Å². The van der Waals surface area contributed by atoms with Crippen molar-refractivity contribution in [2.45, 2.75) is 32.4 Å². The van der Waals surface area contributed by atoms with Crippen molar-refractivity contribution >= 4 is 5.91 Å². The van der Waals surface area contributed by atoms with Gasteiger partial charge >= 0.3 is 0 Å². The van der Waals surface area contributed by atoms with Gasteiger partial charge in [-0.15, -0.1) is 0 Å². The fourth-order valence-electron chi connectivity index (χ4n) is 4.30. The summed E-state index contributed by atoms with van der Waals surface area (Å²) in [5, 5.41) is 13.7. The molecule has 2 fully saturated rings. The standard InChI is InChI=1S/C23H30N6O/c24-9-6-12-29-18-21(23(25-29)20-7-2-1-3-8-20)17-26-13-15-27(16-14-26)19-22(30)28-10-4-5-11-28/h1-3,7-8,18H,4-6,10-17,19H2. The molecule has 30 heavy (non-hydrogen) atoms. The van der Waals surface area contributed by atoms with Gasteiger partial charge in [0.2, 0.25) is 5.91 Å². The number of carbonyl (C=O) groups excluding carboxylic acids is 1. The van der Waals surface area contributed by atoms with E-state index in [2.05, 4.69) is 34.2 Å². The first-order chi connectivity index (χ1) is 14.7. The van der Waals surface area contributed by atoms with Crippen LogP contribution in [0, 0.1) is 11.3 Å². The highest BCUT2D eigenvalue weighted by atomic mass is 16.2. The van der Waals surface area contributed by atoms with Crippen LogP contribution in [0.15, 0.2) is 36.5 Å².